The summed E-state index contributed by atoms with van der Waals surface area (Å²) < 4.78 is 5.23. The summed E-state index contributed by atoms with van der Waals surface area (Å²) in [5.41, 5.74) is 0.0757. The number of nitrogens with one attached hydrogen (secondary N) is 2. The van der Waals surface area contributed by atoms with Gasteiger partial charge in [0.05, 0.1) is 10.5 Å². The Morgan fingerprint density at radius 1 is 1.13 bits per heavy atom. The lowest BCUT2D eigenvalue weighted by Crippen LogP contribution is -2.37. The lowest BCUT2D eigenvalue weighted by atomic mass is 9.97. The van der Waals surface area contributed by atoms with E-state index in [1.54, 1.807) is 12.1 Å². The number of hydrogen-bond donors (Lipinski definition) is 2. The summed E-state index contributed by atoms with van der Waals surface area (Å²) in [6.45, 7) is 1.46. The second-order valence-electron chi connectivity index (χ2n) is 6.94. The Hall–Kier alpha value is -3.75. The molecule has 9 nitrogen and oxygen atoms in total. The highest BCUT2D eigenvalue weighted by Crippen LogP contribution is 2.27. The zero-order valence-corrected chi connectivity index (χ0v) is 16.5. The van der Waals surface area contributed by atoms with Crippen LogP contribution in [-0.4, -0.2) is 41.8 Å². The molecule has 3 rings (SSSR count). The van der Waals surface area contributed by atoms with E-state index < -0.39 is 28.7 Å². The van der Waals surface area contributed by atoms with Crippen molar-refractivity contribution in [3.05, 3.63) is 69.3 Å². The highest BCUT2D eigenvalue weighted by Gasteiger charge is 2.28. The minimum Gasteiger partial charge on any atom is -0.449 e. The first kappa shape index (κ1) is 21.0. The monoisotopic (exact) mass is 411 g/mol. The quantitative estimate of drug-likeness (QED) is 0.296. The minimum atomic E-state index is -1.02. The van der Waals surface area contributed by atoms with Crippen molar-refractivity contribution in [1.29, 1.82) is 0 Å². The van der Waals surface area contributed by atoms with Crippen LogP contribution in [0.5, 0.6) is 0 Å². The number of nitro benzene ring substituents is 1. The highest BCUT2D eigenvalue weighted by molar-refractivity contribution is 6.15. The highest BCUT2D eigenvalue weighted by atomic mass is 16.6. The molecular weight excluding hydrogens is 390 g/mol. The van der Waals surface area contributed by atoms with Crippen LogP contribution >= 0.6 is 0 Å². The van der Waals surface area contributed by atoms with Gasteiger partial charge in [-0.1, -0.05) is 18.2 Å². The van der Waals surface area contributed by atoms with Gasteiger partial charge in [0.15, 0.2) is 11.9 Å². The van der Waals surface area contributed by atoms with Gasteiger partial charge in [-0.15, -0.1) is 0 Å². The van der Waals surface area contributed by atoms with E-state index in [4.69, 9.17) is 4.74 Å². The normalized spacial score (nSPS) is 13.8. The predicted molar refractivity (Wildman–Crippen MR) is 109 cm³/mol. The third-order valence-electron chi connectivity index (χ3n) is 4.69. The van der Waals surface area contributed by atoms with Crippen LogP contribution in [0.15, 0.2) is 42.5 Å². The van der Waals surface area contributed by atoms with E-state index >= 15 is 0 Å². The molecule has 0 aliphatic heterocycles. The fourth-order valence-corrected chi connectivity index (χ4v) is 2.87. The number of hydrogen-bond acceptors (Lipinski definition) is 7. The van der Waals surface area contributed by atoms with Gasteiger partial charge in [-0.25, -0.2) is 4.79 Å². The fourth-order valence-electron chi connectivity index (χ4n) is 2.87. The van der Waals surface area contributed by atoms with E-state index in [0.29, 0.717) is 0 Å². The Morgan fingerprint density at radius 2 is 1.80 bits per heavy atom. The number of carbonyl (C=O) groups is 3. The zero-order valence-electron chi connectivity index (χ0n) is 16.5. The standard InChI is InChI=1S/C21H21N3O6/c1-12(20(26)23-14-8-9-14)30-21(27)16-6-4-3-5-15(16)19(25)13-7-10-17(22-2)18(11-13)24(28)29/h3-7,10-12,14,22H,8-9H2,1-2H3,(H,23,26)/t12-/m0/s1. The molecule has 2 aromatic carbocycles. The maximum atomic E-state index is 13.0. The van der Waals surface area contributed by atoms with Crippen molar-refractivity contribution < 1.29 is 24.0 Å². The number of nitrogens with zero attached hydrogens (tertiary/aromatic N) is 1. The van der Waals surface area contributed by atoms with E-state index in [9.17, 15) is 24.5 Å². The summed E-state index contributed by atoms with van der Waals surface area (Å²) in [5, 5.41) is 16.7. The second-order valence-corrected chi connectivity index (χ2v) is 6.94. The molecule has 0 aromatic heterocycles. The molecular formula is C21H21N3O6. The molecule has 1 saturated carbocycles. The molecule has 1 aliphatic carbocycles. The van der Waals surface area contributed by atoms with Crippen LogP contribution in [0, 0.1) is 10.1 Å². The van der Waals surface area contributed by atoms with Gasteiger partial charge in [0.1, 0.15) is 5.69 Å². The lowest BCUT2D eigenvalue weighted by Gasteiger charge is -2.14. The van der Waals surface area contributed by atoms with Crippen LogP contribution in [-0.2, 0) is 9.53 Å². The molecule has 1 aliphatic rings. The first-order chi connectivity index (χ1) is 14.3. The van der Waals surface area contributed by atoms with Crippen molar-refractivity contribution in [2.45, 2.75) is 31.9 Å². The maximum Gasteiger partial charge on any atom is 0.339 e. The molecule has 156 valence electrons. The third kappa shape index (κ3) is 4.62. The summed E-state index contributed by atoms with van der Waals surface area (Å²) in [4.78, 5) is 48.3. The molecule has 0 unspecified atom stereocenters. The average molecular weight is 411 g/mol. The van der Waals surface area contributed by atoms with Crippen molar-refractivity contribution in [3.63, 3.8) is 0 Å². The number of anilines is 1. The summed E-state index contributed by atoms with van der Waals surface area (Å²) in [6, 6.07) is 10.1. The van der Waals surface area contributed by atoms with E-state index in [1.165, 1.54) is 38.2 Å². The topological polar surface area (TPSA) is 128 Å². The number of rotatable bonds is 8. The van der Waals surface area contributed by atoms with Crippen LogP contribution in [0.2, 0.25) is 0 Å². The molecule has 0 bridgehead atoms. The molecule has 0 saturated heterocycles. The molecule has 2 aromatic rings. The lowest BCUT2D eigenvalue weighted by molar-refractivity contribution is -0.384. The Labute approximate surface area is 172 Å². The summed E-state index contributed by atoms with van der Waals surface area (Å²) in [6.07, 6.45) is 0.794. The molecule has 2 N–H and O–H groups in total. The number of carbonyl (C=O) groups excluding carboxylic acids is 3. The largest absolute Gasteiger partial charge is 0.449 e. The van der Waals surface area contributed by atoms with E-state index in [-0.39, 0.29) is 34.1 Å². The number of ketones is 1. The zero-order chi connectivity index (χ0) is 21.8. The summed E-state index contributed by atoms with van der Waals surface area (Å²) in [5.74, 6) is -1.78. The Bertz CT molecular complexity index is 1020. The van der Waals surface area contributed by atoms with Gasteiger partial charge in [0.2, 0.25) is 0 Å². The molecule has 9 heteroatoms. The predicted octanol–water partition coefficient (Wildman–Crippen LogP) is 2.69. The molecule has 1 atom stereocenters. The van der Waals surface area contributed by atoms with E-state index in [1.807, 2.05) is 0 Å². The molecule has 1 fully saturated rings. The minimum absolute atomic E-state index is 0.0195. The van der Waals surface area contributed by atoms with E-state index in [2.05, 4.69) is 10.6 Å². The Kier molecular flexibility index (Phi) is 6.10. The molecule has 1 amide bonds. The second kappa shape index (κ2) is 8.73. The fraction of sp³-hybridized carbons (Fsp3) is 0.286. The Balaban J connectivity index is 1.84. The van der Waals surface area contributed by atoms with Gasteiger partial charge in [-0.2, -0.15) is 0 Å². The van der Waals surface area contributed by atoms with Gasteiger partial charge in [0.25, 0.3) is 11.6 Å². The molecule has 0 heterocycles. The molecule has 0 spiro atoms. The van der Waals surface area contributed by atoms with Gasteiger partial charge >= 0.3 is 5.97 Å². The smallest absolute Gasteiger partial charge is 0.339 e. The number of amides is 1. The van der Waals surface area contributed by atoms with Gasteiger partial charge in [0, 0.05) is 30.3 Å². The molecule has 0 radical (unpaired) electrons. The first-order valence-corrected chi connectivity index (χ1v) is 9.43. The average Bonchev–Trinajstić information content (AvgIpc) is 3.56. The number of esters is 1. The van der Waals surface area contributed by atoms with Crippen molar-refractivity contribution in [2.75, 3.05) is 12.4 Å². The van der Waals surface area contributed by atoms with Crippen LogP contribution in [0.4, 0.5) is 11.4 Å². The van der Waals surface area contributed by atoms with Crippen molar-refractivity contribution >= 4 is 29.0 Å². The van der Waals surface area contributed by atoms with Crippen LogP contribution < -0.4 is 10.6 Å². The van der Waals surface area contributed by atoms with Crippen molar-refractivity contribution in [2.24, 2.45) is 0 Å². The first-order valence-electron chi connectivity index (χ1n) is 9.43. The van der Waals surface area contributed by atoms with Gasteiger partial charge in [-0.3, -0.25) is 19.7 Å². The summed E-state index contributed by atoms with van der Waals surface area (Å²) in [7, 11) is 1.54. The maximum absolute atomic E-state index is 13.0. The van der Waals surface area contributed by atoms with Crippen molar-refractivity contribution in [1.82, 2.24) is 5.32 Å². The van der Waals surface area contributed by atoms with Gasteiger partial charge < -0.3 is 15.4 Å². The third-order valence-corrected chi connectivity index (χ3v) is 4.69. The number of nitro groups is 1. The number of ether oxygens (including phenoxy) is 1. The Morgan fingerprint density at radius 3 is 2.40 bits per heavy atom. The van der Waals surface area contributed by atoms with Gasteiger partial charge in [-0.05, 0) is 38.0 Å². The van der Waals surface area contributed by atoms with E-state index in [0.717, 1.165) is 18.9 Å². The van der Waals surface area contributed by atoms with Crippen LogP contribution in [0.1, 0.15) is 46.0 Å². The van der Waals surface area contributed by atoms with Crippen LogP contribution in [0.25, 0.3) is 0 Å². The van der Waals surface area contributed by atoms with Crippen molar-refractivity contribution in [3.8, 4) is 0 Å². The summed E-state index contributed by atoms with van der Waals surface area (Å²) >= 11 is 0. The molecule has 30 heavy (non-hydrogen) atoms. The number of benzene rings is 2. The SMILES string of the molecule is CNc1ccc(C(=O)c2ccccc2C(=O)O[C@@H](C)C(=O)NC2CC2)cc1[N+](=O)[O-]. The van der Waals surface area contributed by atoms with Crippen LogP contribution in [0.3, 0.4) is 0 Å².